The quantitative estimate of drug-likeness (QED) is 0.383. The molecule has 0 aromatic heterocycles. The van der Waals surface area contributed by atoms with Crippen molar-refractivity contribution in [2.45, 2.75) is 32.2 Å². The van der Waals surface area contributed by atoms with E-state index in [2.05, 4.69) is 6.92 Å². The average molecular weight is 353 g/mol. The number of carbonyl (C=O) groups is 1. The second kappa shape index (κ2) is 14.8. The van der Waals surface area contributed by atoms with E-state index < -0.39 is 12.0 Å². The van der Waals surface area contributed by atoms with E-state index >= 15 is 0 Å². The lowest BCUT2D eigenvalue weighted by atomic mass is 10.1. The number of benzene rings is 1. The molecule has 0 aliphatic carbocycles. The van der Waals surface area contributed by atoms with E-state index in [1.165, 1.54) is 0 Å². The van der Waals surface area contributed by atoms with Gasteiger partial charge in [0.2, 0.25) is 0 Å². The van der Waals surface area contributed by atoms with Crippen LogP contribution in [0.25, 0.3) is 0 Å². The molecule has 0 fully saturated rings. The SMILES string of the molecule is CCCCOCCOCCOCCOC(=O)[C@@H](N)Cc1ccccc1. The van der Waals surface area contributed by atoms with Gasteiger partial charge in [0, 0.05) is 6.61 Å². The Morgan fingerprint density at radius 1 is 0.920 bits per heavy atom. The summed E-state index contributed by atoms with van der Waals surface area (Å²) in [4.78, 5) is 11.8. The highest BCUT2D eigenvalue weighted by Gasteiger charge is 2.15. The summed E-state index contributed by atoms with van der Waals surface area (Å²) in [5.41, 5.74) is 6.85. The third-order valence-corrected chi connectivity index (χ3v) is 3.46. The first-order valence-corrected chi connectivity index (χ1v) is 8.93. The fraction of sp³-hybridized carbons (Fsp3) is 0.632. The molecule has 2 N–H and O–H groups in total. The van der Waals surface area contributed by atoms with Crippen molar-refractivity contribution in [3.8, 4) is 0 Å². The number of rotatable bonds is 15. The number of unbranched alkanes of at least 4 members (excludes halogenated alkanes) is 1. The van der Waals surface area contributed by atoms with Crippen LogP contribution in [-0.4, -0.2) is 58.3 Å². The van der Waals surface area contributed by atoms with Crippen LogP contribution in [-0.2, 0) is 30.2 Å². The fourth-order valence-corrected chi connectivity index (χ4v) is 2.05. The minimum Gasteiger partial charge on any atom is -0.462 e. The molecule has 1 atom stereocenters. The highest BCUT2D eigenvalue weighted by atomic mass is 16.6. The molecule has 0 amide bonds. The summed E-state index contributed by atoms with van der Waals surface area (Å²) in [6.45, 7) is 5.58. The molecule has 1 aromatic carbocycles. The summed E-state index contributed by atoms with van der Waals surface area (Å²) >= 11 is 0. The molecular weight excluding hydrogens is 322 g/mol. The summed E-state index contributed by atoms with van der Waals surface area (Å²) < 4.78 is 21.2. The number of nitrogens with two attached hydrogens (primary N) is 1. The predicted molar refractivity (Wildman–Crippen MR) is 96.4 cm³/mol. The number of esters is 1. The molecule has 0 heterocycles. The molecule has 6 heteroatoms. The smallest absolute Gasteiger partial charge is 0.323 e. The van der Waals surface area contributed by atoms with E-state index in [1.807, 2.05) is 30.3 Å². The molecule has 6 nitrogen and oxygen atoms in total. The van der Waals surface area contributed by atoms with Crippen molar-refractivity contribution in [1.29, 1.82) is 0 Å². The number of carbonyl (C=O) groups excluding carboxylic acids is 1. The maximum absolute atomic E-state index is 11.8. The maximum atomic E-state index is 11.8. The minimum absolute atomic E-state index is 0.196. The number of hydrogen-bond donors (Lipinski definition) is 1. The molecule has 0 aliphatic rings. The molecule has 25 heavy (non-hydrogen) atoms. The average Bonchev–Trinajstić information content (AvgIpc) is 2.63. The van der Waals surface area contributed by atoms with Gasteiger partial charge in [-0.2, -0.15) is 0 Å². The van der Waals surface area contributed by atoms with Gasteiger partial charge in [0.25, 0.3) is 0 Å². The fourth-order valence-electron chi connectivity index (χ4n) is 2.05. The normalized spacial score (nSPS) is 12.1. The molecule has 1 aromatic rings. The van der Waals surface area contributed by atoms with Gasteiger partial charge in [-0.25, -0.2) is 0 Å². The van der Waals surface area contributed by atoms with E-state index in [1.54, 1.807) is 0 Å². The lowest BCUT2D eigenvalue weighted by Crippen LogP contribution is -2.35. The molecule has 1 rings (SSSR count). The summed E-state index contributed by atoms with van der Waals surface area (Å²) in [6.07, 6.45) is 2.68. The Kier molecular flexibility index (Phi) is 12.8. The zero-order valence-corrected chi connectivity index (χ0v) is 15.2. The first-order valence-electron chi connectivity index (χ1n) is 8.93. The Balaban J connectivity index is 1.91. The van der Waals surface area contributed by atoms with Crippen LogP contribution in [0.2, 0.25) is 0 Å². The Morgan fingerprint density at radius 3 is 2.08 bits per heavy atom. The van der Waals surface area contributed by atoms with E-state index in [-0.39, 0.29) is 6.61 Å². The molecule has 0 saturated carbocycles. The topological polar surface area (TPSA) is 80.0 Å². The zero-order chi connectivity index (χ0) is 18.2. The van der Waals surface area contributed by atoms with Crippen LogP contribution < -0.4 is 5.73 Å². The van der Waals surface area contributed by atoms with Crippen molar-refractivity contribution in [2.75, 3.05) is 46.2 Å². The molecule has 0 saturated heterocycles. The van der Waals surface area contributed by atoms with Gasteiger partial charge in [-0.15, -0.1) is 0 Å². The second-order valence-corrected chi connectivity index (χ2v) is 5.65. The van der Waals surface area contributed by atoms with Crippen molar-refractivity contribution in [3.63, 3.8) is 0 Å². The summed E-state index contributed by atoms with van der Waals surface area (Å²) in [5.74, 6) is -0.409. The summed E-state index contributed by atoms with van der Waals surface area (Å²) in [6, 6.07) is 8.98. The minimum atomic E-state index is -0.654. The number of hydrogen-bond acceptors (Lipinski definition) is 6. The van der Waals surface area contributed by atoms with E-state index in [0.717, 1.165) is 25.0 Å². The number of ether oxygens (including phenoxy) is 4. The van der Waals surface area contributed by atoms with Crippen molar-refractivity contribution >= 4 is 5.97 Å². The van der Waals surface area contributed by atoms with E-state index in [4.69, 9.17) is 24.7 Å². The van der Waals surface area contributed by atoms with Crippen molar-refractivity contribution in [2.24, 2.45) is 5.73 Å². The van der Waals surface area contributed by atoms with Gasteiger partial charge < -0.3 is 24.7 Å². The third kappa shape index (κ3) is 11.7. The highest BCUT2D eigenvalue weighted by Crippen LogP contribution is 2.02. The molecule has 0 bridgehead atoms. The maximum Gasteiger partial charge on any atom is 0.323 e. The van der Waals surface area contributed by atoms with Crippen LogP contribution in [0.4, 0.5) is 0 Å². The highest BCUT2D eigenvalue weighted by molar-refractivity contribution is 5.75. The lowest BCUT2D eigenvalue weighted by Gasteiger charge is -2.12. The van der Waals surface area contributed by atoms with Crippen molar-refractivity contribution in [1.82, 2.24) is 0 Å². The molecule has 142 valence electrons. The van der Waals surface area contributed by atoms with Crippen molar-refractivity contribution in [3.05, 3.63) is 35.9 Å². The monoisotopic (exact) mass is 353 g/mol. The van der Waals surface area contributed by atoms with Gasteiger partial charge in [-0.1, -0.05) is 43.7 Å². The van der Waals surface area contributed by atoms with E-state index in [9.17, 15) is 4.79 Å². The molecule has 0 spiro atoms. The van der Waals surface area contributed by atoms with Crippen LogP contribution in [0, 0.1) is 0 Å². The van der Waals surface area contributed by atoms with Crippen LogP contribution >= 0.6 is 0 Å². The molecule has 0 radical (unpaired) electrons. The Morgan fingerprint density at radius 2 is 1.48 bits per heavy atom. The predicted octanol–water partition coefficient (Wildman–Crippen LogP) is 1.95. The molecule has 0 unspecified atom stereocenters. The van der Waals surface area contributed by atoms with Gasteiger partial charge in [0.1, 0.15) is 12.6 Å². The molecular formula is C19H31NO5. The third-order valence-electron chi connectivity index (χ3n) is 3.46. The summed E-state index contributed by atoms with van der Waals surface area (Å²) in [7, 11) is 0. The first kappa shape index (κ1) is 21.6. The standard InChI is InChI=1S/C19H31NO5/c1-2-3-9-22-10-11-23-12-13-24-14-15-25-19(21)18(20)16-17-7-5-4-6-8-17/h4-8,18H,2-3,9-16,20H2,1H3/t18-/m0/s1. The van der Waals surface area contributed by atoms with Gasteiger partial charge in [0.15, 0.2) is 0 Å². The van der Waals surface area contributed by atoms with Crippen LogP contribution in [0.3, 0.4) is 0 Å². The molecule has 0 aliphatic heterocycles. The Hall–Kier alpha value is -1.47. The van der Waals surface area contributed by atoms with E-state index in [0.29, 0.717) is 39.5 Å². The first-order chi connectivity index (χ1) is 12.2. The van der Waals surface area contributed by atoms with Gasteiger partial charge >= 0.3 is 5.97 Å². The van der Waals surface area contributed by atoms with Crippen LogP contribution in [0.5, 0.6) is 0 Å². The summed E-state index contributed by atoms with van der Waals surface area (Å²) in [5, 5.41) is 0. The van der Waals surface area contributed by atoms with Crippen LogP contribution in [0.1, 0.15) is 25.3 Å². The van der Waals surface area contributed by atoms with Crippen molar-refractivity contribution < 1.29 is 23.7 Å². The Bertz CT molecular complexity index is 441. The van der Waals surface area contributed by atoms with Gasteiger partial charge in [0.05, 0.1) is 33.0 Å². The Labute approximate surface area is 150 Å². The largest absolute Gasteiger partial charge is 0.462 e. The lowest BCUT2D eigenvalue weighted by molar-refractivity contribution is -0.146. The van der Waals surface area contributed by atoms with Crippen LogP contribution in [0.15, 0.2) is 30.3 Å². The van der Waals surface area contributed by atoms with Gasteiger partial charge in [-0.3, -0.25) is 4.79 Å². The second-order valence-electron chi connectivity index (χ2n) is 5.65. The van der Waals surface area contributed by atoms with Gasteiger partial charge in [-0.05, 0) is 18.4 Å². The zero-order valence-electron chi connectivity index (χ0n) is 15.2.